The monoisotopic (exact) mass is 250 g/mol. The first kappa shape index (κ1) is 13.6. The van der Waals surface area contributed by atoms with Crippen molar-refractivity contribution in [1.29, 1.82) is 0 Å². The summed E-state index contributed by atoms with van der Waals surface area (Å²) in [5, 5.41) is 0.544. The Morgan fingerprint density at radius 2 is 1.71 bits per heavy atom. The van der Waals surface area contributed by atoms with Gasteiger partial charge in [0.15, 0.2) is 0 Å². The fraction of sp³-hybridized carbons (Fsp3) is 0.167. The predicted octanol–water partition coefficient (Wildman–Crippen LogP) is 1.78. The Labute approximate surface area is 106 Å². The van der Waals surface area contributed by atoms with E-state index in [2.05, 4.69) is 9.97 Å². The highest BCUT2D eigenvalue weighted by Crippen LogP contribution is 2.02. The maximum Gasteiger partial charge on any atom is 0.129 e. The smallest absolute Gasteiger partial charge is 0.129 e. The van der Waals surface area contributed by atoms with Gasteiger partial charge in [0.1, 0.15) is 5.15 Å². The zero-order valence-corrected chi connectivity index (χ0v) is 10.1. The van der Waals surface area contributed by atoms with Gasteiger partial charge in [0, 0.05) is 18.9 Å². The van der Waals surface area contributed by atoms with Crippen LogP contribution in [0.25, 0.3) is 0 Å². The van der Waals surface area contributed by atoms with E-state index in [4.69, 9.17) is 23.1 Å². The molecule has 2 heterocycles. The highest BCUT2D eigenvalue weighted by molar-refractivity contribution is 6.29. The van der Waals surface area contributed by atoms with Crippen LogP contribution >= 0.6 is 11.6 Å². The van der Waals surface area contributed by atoms with Crippen LogP contribution in [0.2, 0.25) is 5.15 Å². The van der Waals surface area contributed by atoms with Crippen LogP contribution in [0.15, 0.2) is 48.8 Å². The molecule has 0 bridgehead atoms. The van der Waals surface area contributed by atoms with Crippen molar-refractivity contribution in [3.05, 3.63) is 59.6 Å². The molecule has 2 aromatic heterocycles. The molecule has 1 unspecified atom stereocenters. The van der Waals surface area contributed by atoms with Gasteiger partial charge in [-0.15, -0.1) is 0 Å². The SMILES string of the molecule is Clc1ccccn1.NCC(N)c1ccccn1. The minimum absolute atomic E-state index is 0.124. The number of hydrogen-bond donors (Lipinski definition) is 2. The fourth-order valence-electron chi connectivity index (χ4n) is 1.06. The van der Waals surface area contributed by atoms with Gasteiger partial charge in [-0.3, -0.25) is 4.98 Å². The molecule has 2 aromatic rings. The van der Waals surface area contributed by atoms with E-state index in [0.29, 0.717) is 11.7 Å². The van der Waals surface area contributed by atoms with Crippen LogP contribution in [0, 0.1) is 0 Å². The van der Waals surface area contributed by atoms with Gasteiger partial charge in [-0.25, -0.2) is 4.98 Å². The Morgan fingerprint density at radius 3 is 2.06 bits per heavy atom. The van der Waals surface area contributed by atoms with Crippen LogP contribution in [-0.2, 0) is 0 Å². The third-order valence-electron chi connectivity index (χ3n) is 1.95. The third-order valence-corrected chi connectivity index (χ3v) is 2.17. The quantitative estimate of drug-likeness (QED) is 0.797. The number of nitrogens with two attached hydrogens (primary N) is 2. The summed E-state index contributed by atoms with van der Waals surface area (Å²) in [6, 6.07) is 10.9. The average Bonchev–Trinajstić information content (AvgIpc) is 2.40. The lowest BCUT2D eigenvalue weighted by Crippen LogP contribution is -2.21. The average molecular weight is 251 g/mol. The van der Waals surface area contributed by atoms with E-state index in [9.17, 15) is 0 Å². The minimum atomic E-state index is -0.124. The molecule has 0 aliphatic carbocycles. The first-order chi connectivity index (χ1) is 8.24. The summed E-state index contributed by atoms with van der Waals surface area (Å²) in [5.74, 6) is 0. The predicted molar refractivity (Wildman–Crippen MR) is 69.5 cm³/mol. The lowest BCUT2D eigenvalue weighted by molar-refractivity contribution is 0.711. The van der Waals surface area contributed by atoms with Gasteiger partial charge >= 0.3 is 0 Å². The maximum atomic E-state index is 5.61. The standard InChI is InChI=1S/C7H11N3.C5H4ClN/c8-5-6(9)7-3-1-2-4-10-7;6-5-3-1-2-4-7-5/h1-4,6H,5,8-9H2;1-4H. The molecule has 0 amide bonds. The fourth-order valence-corrected chi connectivity index (χ4v) is 1.19. The van der Waals surface area contributed by atoms with Crippen molar-refractivity contribution in [2.45, 2.75) is 6.04 Å². The maximum absolute atomic E-state index is 5.61. The lowest BCUT2D eigenvalue weighted by atomic mass is 10.2. The number of aromatic nitrogens is 2. The number of rotatable bonds is 2. The molecule has 4 nitrogen and oxygen atoms in total. The van der Waals surface area contributed by atoms with E-state index in [1.54, 1.807) is 18.5 Å². The zero-order valence-electron chi connectivity index (χ0n) is 9.33. The van der Waals surface area contributed by atoms with E-state index in [0.717, 1.165) is 5.69 Å². The second-order valence-electron chi connectivity index (χ2n) is 3.25. The van der Waals surface area contributed by atoms with Crippen LogP contribution in [-0.4, -0.2) is 16.5 Å². The van der Waals surface area contributed by atoms with Crippen molar-refractivity contribution >= 4 is 11.6 Å². The normalized spacial score (nSPS) is 11.2. The topological polar surface area (TPSA) is 77.8 Å². The molecule has 90 valence electrons. The second kappa shape index (κ2) is 7.73. The van der Waals surface area contributed by atoms with Crippen molar-refractivity contribution < 1.29 is 0 Å². The zero-order chi connectivity index (χ0) is 12.5. The molecule has 0 aromatic carbocycles. The van der Waals surface area contributed by atoms with Crippen LogP contribution in [0.1, 0.15) is 11.7 Å². The van der Waals surface area contributed by atoms with E-state index in [1.165, 1.54) is 0 Å². The van der Waals surface area contributed by atoms with Crippen molar-refractivity contribution in [3.8, 4) is 0 Å². The lowest BCUT2D eigenvalue weighted by Gasteiger charge is -2.05. The molecule has 2 rings (SSSR count). The van der Waals surface area contributed by atoms with Gasteiger partial charge < -0.3 is 11.5 Å². The Balaban J connectivity index is 0.000000181. The molecule has 17 heavy (non-hydrogen) atoms. The largest absolute Gasteiger partial charge is 0.329 e. The van der Waals surface area contributed by atoms with Gasteiger partial charge in [-0.2, -0.15) is 0 Å². The van der Waals surface area contributed by atoms with Crippen molar-refractivity contribution in [2.24, 2.45) is 11.5 Å². The van der Waals surface area contributed by atoms with Gasteiger partial charge in [-0.05, 0) is 24.3 Å². The summed E-state index contributed by atoms with van der Waals surface area (Å²) < 4.78 is 0. The van der Waals surface area contributed by atoms with E-state index >= 15 is 0 Å². The second-order valence-corrected chi connectivity index (χ2v) is 3.64. The summed E-state index contributed by atoms with van der Waals surface area (Å²) in [6.07, 6.45) is 3.37. The van der Waals surface area contributed by atoms with E-state index in [-0.39, 0.29) is 6.04 Å². The Kier molecular flexibility index (Phi) is 6.17. The van der Waals surface area contributed by atoms with Crippen molar-refractivity contribution in [2.75, 3.05) is 6.54 Å². The third kappa shape index (κ3) is 5.40. The molecule has 0 radical (unpaired) electrons. The molecular weight excluding hydrogens is 236 g/mol. The molecular formula is C12H15ClN4. The van der Waals surface area contributed by atoms with Gasteiger partial charge in [0.2, 0.25) is 0 Å². The molecule has 0 saturated heterocycles. The number of hydrogen-bond acceptors (Lipinski definition) is 4. The van der Waals surface area contributed by atoms with Crippen LogP contribution in [0.3, 0.4) is 0 Å². The van der Waals surface area contributed by atoms with Crippen LogP contribution < -0.4 is 11.5 Å². The molecule has 0 aliphatic heterocycles. The molecule has 0 aliphatic rings. The Hall–Kier alpha value is -1.49. The molecule has 4 N–H and O–H groups in total. The molecule has 5 heteroatoms. The number of halogens is 1. The van der Waals surface area contributed by atoms with E-state index in [1.807, 2.05) is 30.3 Å². The summed E-state index contributed by atoms with van der Waals surface area (Å²) in [7, 11) is 0. The first-order valence-electron chi connectivity index (χ1n) is 5.17. The van der Waals surface area contributed by atoms with Gasteiger partial charge in [-0.1, -0.05) is 23.7 Å². The Morgan fingerprint density at radius 1 is 1.06 bits per heavy atom. The van der Waals surface area contributed by atoms with E-state index < -0.39 is 0 Å². The van der Waals surface area contributed by atoms with Gasteiger partial charge in [0.05, 0.1) is 11.7 Å². The minimum Gasteiger partial charge on any atom is -0.329 e. The van der Waals surface area contributed by atoms with Crippen LogP contribution in [0.4, 0.5) is 0 Å². The molecule has 1 atom stereocenters. The molecule has 0 fully saturated rings. The van der Waals surface area contributed by atoms with Crippen molar-refractivity contribution in [1.82, 2.24) is 9.97 Å². The highest BCUT2D eigenvalue weighted by Gasteiger charge is 2.01. The summed E-state index contributed by atoms with van der Waals surface area (Å²) in [5.41, 5.74) is 11.8. The van der Waals surface area contributed by atoms with Crippen LogP contribution in [0.5, 0.6) is 0 Å². The Bertz CT molecular complexity index is 407. The highest BCUT2D eigenvalue weighted by atomic mass is 35.5. The number of pyridine rings is 2. The first-order valence-corrected chi connectivity index (χ1v) is 5.55. The molecule has 0 saturated carbocycles. The van der Waals surface area contributed by atoms with Gasteiger partial charge in [0.25, 0.3) is 0 Å². The van der Waals surface area contributed by atoms with Crippen molar-refractivity contribution in [3.63, 3.8) is 0 Å². The summed E-state index contributed by atoms with van der Waals surface area (Å²) in [4.78, 5) is 7.79. The molecule has 0 spiro atoms. The summed E-state index contributed by atoms with van der Waals surface area (Å²) in [6.45, 7) is 0.441. The number of nitrogens with zero attached hydrogens (tertiary/aromatic N) is 2. The summed E-state index contributed by atoms with van der Waals surface area (Å²) >= 11 is 5.43.